The number of hydrogen-bond donors (Lipinski definition) is 3. The highest BCUT2D eigenvalue weighted by Gasteiger charge is 2.74. The second-order valence-electron chi connectivity index (χ2n) is 18.0. The van der Waals surface area contributed by atoms with Gasteiger partial charge in [0.2, 0.25) is 11.2 Å². The summed E-state index contributed by atoms with van der Waals surface area (Å²) in [7, 11) is 1.45. The van der Waals surface area contributed by atoms with Gasteiger partial charge in [-0.25, -0.2) is 13.6 Å². The predicted octanol–water partition coefficient (Wildman–Crippen LogP) is 4.72. The van der Waals surface area contributed by atoms with Crippen LogP contribution >= 0.6 is 0 Å². The highest BCUT2D eigenvalue weighted by Crippen LogP contribution is 2.70. The summed E-state index contributed by atoms with van der Waals surface area (Å²) in [6, 6.07) is 1.36. The summed E-state index contributed by atoms with van der Waals surface area (Å²) in [6.45, 7) is 4.85. The van der Waals surface area contributed by atoms with Crippen LogP contribution in [0.5, 0.6) is 5.75 Å². The van der Waals surface area contributed by atoms with Gasteiger partial charge in [-0.05, 0) is 94.7 Å². The molecule has 6 fully saturated rings. The second-order valence-corrected chi connectivity index (χ2v) is 18.0. The van der Waals surface area contributed by atoms with Crippen molar-refractivity contribution >= 4 is 34.1 Å². The molecule has 2 saturated heterocycles. The third kappa shape index (κ3) is 5.13. The lowest BCUT2D eigenvalue weighted by Crippen LogP contribution is -2.69. The van der Waals surface area contributed by atoms with Gasteiger partial charge in [0.05, 0.1) is 24.1 Å². The number of aliphatic hydroxyl groups is 2. The lowest BCUT2D eigenvalue weighted by atomic mass is 9.44. The van der Waals surface area contributed by atoms with Gasteiger partial charge in [-0.2, -0.15) is 0 Å². The fraction of sp³-hybridized carbons (Fsp3) is 0.667. The van der Waals surface area contributed by atoms with E-state index in [0.717, 1.165) is 37.8 Å². The van der Waals surface area contributed by atoms with Crippen LogP contribution in [0.1, 0.15) is 101 Å². The molecule has 2 aliphatic heterocycles. The molecule has 0 spiro atoms. The van der Waals surface area contributed by atoms with E-state index in [1.165, 1.54) is 19.4 Å². The number of hydrogen-bond acceptors (Lipinski definition) is 10. The Hall–Kier alpha value is -3.68. The monoisotopic (exact) mass is 763 g/mol. The highest BCUT2D eigenvalue weighted by molar-refractivity contribution is 5.99. The number of ketones is 2. The summed E-state index contributed by atoms with van der Waals surface area (Å²) >= 11 is 0. The van der Waals surface area contributed by atoms with Crippen LogP contribution in [-0.2, 0) is 14.3 Å². The number of halogens is 2. The molecule has 11 nitrogen and oxygen atoms in total. The maximum Gasteiger partial charge on any atom is 0.344 e. The summed E-state index contributed by atoms with van der Waals surface area (Å²) in [5.41, 5.74) is -6.00. The first-order valence-electron chi connectivity index (χ1n) is 20.1. The number of rotatable bonds is 7. The quantitative estimate of drug-likeness (QED) is 0.339. The Morgan fingerprint density at radius 1 is 1.05 bits per heavy atom. The minimum atomic E-state index is -2.03. The van der Waals surface area contributed by atoms with Crippen LogP contribution in [0.15, 0.2) is 28.7 Å². The van der Waals surface area contributed by atoms with Crippen molar-refractivity contribution in [2.45, 2.75) is 114 Å². The molecule has 0 amide bonds. The van der Waals surface area contributed by atoms with E-state index in [4.69, 9.17) is 9.47 Å². The normalized spacial score (nSPS) is 38.2. The van der Waals surface area contributed by atoms with Crippen LogP contribution in [0.4, 0.5) is 14.5 Å². The van der Waals surface area contributed by atoms with Crippen molar-refractivity contribution in [1.29, 1.82) is 0 Å². The van der Waals surface area contributed by atoms with E-state index in [9.17, 15) is 29.4 Å². The van der Waals surface area contributed by atoms with Crippen LogP contribution < -0.4 is 20.4 Å². The van der Waals surface area contributed by atoms with Gasteiger partial charge in [0.1, 0.15) is 22.5 Å². The first kappa shape index (κ1) is 36.9. The molecule has 7 aliphatic rings. The number of Topliss-reactive ketones (excluding diaryl/α,β-unsaturated/α-hetero) is 1. The number of esters is 1. The first-order valence-corrected chi connectivity index (χ1v) is 20.1. The molecule has 1 aromatic carbocycles. The van der Waals surface area contributed by atoms with Gasteiger partial charge in [0.25, 0.3) is 0 Å². The van der Waals surface area contributed by atoms with E-state index in [-0.39, 0.29) is 53.8 Å². The van der Waals surface area contributed by atoms with E-state index in [1.54, 1.807) is 24.5 Å². The van der Waals surface area contributed by atoms with Gasteiger partial charge in [-0.15, -0.1) is 0 Å². The number of nitrogens with zero attached hydrogens (tertiary/aromatic N) is 2. The van der Waals surface area contributed by atoms with Crippen molar-refractivity contribution in [2.75, 3.05) is 38.3 Å². The smallest absolute Gasteiger partial charge is 0.344 e. The lowest BCUT2D eigenvalue weighted by Gasteiger charge is -2.63. The third-order valence-electron chi connectivity index (χ3n) is 15.5. The zero-order chi connectivity index (χ0) is 38.8. The number of fused-ring (bicyclic) bond motifs is 7. The minimum absolute atomic E-state index is 0.00217. The largest absolute Gasteiger partial charge is 0.492 e. The number of pyridine rings is 1. The fourth-order valence-corrected chi connectivity index (χ4v) is 12.3. The standard InChI is InChI=1S/C42H51F2N3O8/c1-39-12-10-25(48)15-23(39)6-9-29-28-11-13-41(53,40(28,2)17-32(49)42(29,39)44)33(50)21-55-38(52)27-19-47(24-7-8-24)34-26(36(27)51)16-30(43)35(37(34)54-3)46-18-22-5-4-14-45-31(22)20-46/h15-16,19,22,24,28-29,31-32,45,49,53H,4-14,17-18,20-21H2,1-3H3/t22?,28-,29-,31?,32-,39-,40-,41-,42-/m0/s1. The molecule has 5 aliphatic carbocycles. The summed E-state index contributed by atoms with van der Waals surface area (Å²) < 4.78 is 46.8. The van der Waals surface area contributed by atoms with Crippen molar-refractivity contribution < 1.29 is 42.9 Å². The van der Waals surface area contributed by atoms with Gasteiger partial charge >= 0.3 is 5.97 Å². The number of piperidine rings is 1. The average molecular weight is 764 g/mol. The zero-order valence-corrected chi connectivity index (χ0v) is 31.8. The Balaban J connectivity index is 0.981. The van der Waals surface area contributed by atoms with Crippen LogP contribution in [-0.4, -0.2) is 89.1 Å². The lowest BCUT2D eigenvalue weighted by molar-refractivity contribution is -0.226. The van der Waals surface area contributed by atoms with E-state index in [2.05, 4.69) is 5.32 Å². The number of alkyl halides is 1. The Morgan fingerprint density at radius 3 is 2.56 bits per heavy atom. The van der Waals surface area contributed by atoms with Gasteiger partial charge < -0.3 is 34.5 Å². The molecule has 1 aromatic heterocycles. The minimum Gasteiger partial charge on any atom is -0.492 e. The molecular formula is C42H51F2N3O8. The van der Waals surface area contributed by atoms with Crippen molar-refractivity contribution in [1.82, 2.24) is 9.88 Å². The maximum absolute atomic E-state index is 17.5. The zero-order valence-electron chi connectivity index (χ0n) is 31.8. The number of aromatic nitrogens is 1. The third-order valence-corrected chi connectivity index (χ3v) is 15.5. The fourth-order valence-electron chi connectivity index (χ4n) is 12.3. The van der Waals surface area contributed by atoms with E-state index in [0.29, 0.717) is 55.9 Å². The van der Waals surface area contributed by atoms with Crippen molar-refractivity contribution in [3.8, 4) is 5.75 Å². The Kier molecular flexibility index (Phi) is 8.50. The van der Waals surface area contributed by atoms with Crippen LogP contribution in [0.3, 0.4) is 0 Å². The van der Waals surface area contributed by atoms with Crippen LogP contribution in [0.25, 0.3) is 10.9 Å². The maximum atomic E-state index is 17.5. The van der Waals surface area contributed by atoms with Gasteiger partial charge in [-0.1, -0.05) is 19.4 Å². The number of allylic oxidation sites excluding steroid dienone is 1. The first-order chi connectivity index (χ1) is 26.2. The highest BCUT2D eigenvalue weighted by atomic mass is 19.1. The summed E-state index contributed by atoms with van der Waals surface area (Å²) in [4.78, 5) is 55.9. The molecule has 2 unspecified atom stereocenters. The van der Waals surface area contributed by atoms with Crippen molar-refractivity contribution in [2.24, 2.45) is 28.6 Å². The molecule has 55 heavy (non-hydrogen) atoms. The molecule has 3 heterocycles. The topological polar surface area (TPSA) is 147 Å². The molecule has 0 radical (unpaired) electrons. The number of aliphatic hydroxyl groups excluding tert-OH is 1. The van der Waals surface area contributed by atoms with Crippen molar-refractivity contribution in [3.63, 3.8) is 0 Å². The molecule has 9 rings (SSSR count). The molecular weight excluding hydrogens is 712 g/mol. The molecule has 9 atom stereocenters. The summed E-state index contributed by atoms with van der Waals surface area (Å²) in [6.07, 6.45) is 6.66. The number of anilines is 1. The summed E-state index contributed by atoms with van der Waals surface area (Å²) in [5.74, 6) is -3.00. The predicted molar refractivity (Wildman–Crippen MR) is 198 cm³/mol. The van der Waals surface area contributed by atoms with Crippen molar-refractivity contribution in [3.05, 3.63) is 45.5 Å². The van der Waals surface area contributed by atoms with Crippen LogP contribution in [0, 0.1) is 34.4 Å². The van der Waals surface area contributed by atoms with Gasteiger partial charge in [0, 0.05) is 54.5 Å². The molecule has 4 saturated carbocycles. The Bertz CT molecular complexity index is 2090. The number of carbonyl (C=O) groups is 3. The number of ether oxygens (including phenoxy) is 2. The number of carbonyl (C=O) groups excluding carboxylic acids is 3. The van der Waals surface area contributed by atoms with E-state index >= 15 is 8.78 Å². The number of methoxy groups -OCH3 is 1. The Labute approximate surface area is 318 Å². The molecule has 0 bridgehead atoms. The molecule has 3 N–H and O–H groups in total. The summed E-state index contributed by atoms with van der Waals surface area (Å²) in [5, 5.41) is 27.3. The van der Waals surface area contributed by atoms with Gasteiger partial charge in [-0.3, -0.25) is 14.4 Å². The van der Waals surface area contributed by atoms with Crippen LogP contribution in [0.2, 0.25) is 0 Å². The SMILES string of the molecule is COc1c(N2CC3CCCNC3C2)c(F)cc2c(=O)c(C(=O)OCC(=O)[C@@]3(O)CC[C@H]4[C@@H]5CCC6=CC(=O)CC[C@]6(C)[C@@]5(F)[C@@H](O)C[C@@]43C)cn(C3CC3)c12. The average Bonchev–Trinajstić information content (AvgIpc) is 3.86. The number of benzene rings is 1. The van der Waals surface area contributed by atoms with E-state index in [1.807, 2.05) is 4.90 Å². The molecule has 296 valence electrons. The molecule has 13 heteroatoms. The number of nitrogens with one attached hydrogen (secondary N) is 1. The van der Waals surface area contributed by atoms with Gasteiger partial charge in [0.15, 0.2) is 24.0 Å². The van der Waals surface area contributed by atoms with E-state index < -0.39 is 69.6 Å². The Morgan fingerprint density at radius 2 is 1.84 bits per heavy atom. The molecule has 2 aromatic rings. The second kappa shape index (κ2) is 12.7.